The van der Waals surface area contributed by atoms with Crippen LogP contribution in [0.15, 0.2) is 236 Å². The summed E-state index contributed by atoms with van der Waals surface area (Å²) in [5, 5.41) is 2.49. The van der Waals surface area contributed by atoms with Gasteiger partial charge in [-0.05, 0) is 92.8 Å². The van der Waals surface area contributed by atoms with Gasteiger partial charge in [-0.3, -0.25) is 0 Å². The van der Waals surface area contributed by atoms with Gasteiger partial charge in [0, 0.05) is 27.5 Å². The highest BCUT2D eigenvalue weighted by Gasteiger charge is 2.50. The van der Waals surface area contributed by atoms with E-state index < -0.39 is 5.41 Å². The second kappa shape index (κ2) is 15.7. The summed E-state index contributed by atoms with van der Waals surface area (Å²) < 4.78 is 2.52. The Hall–Kier alpha value is -8.73. The molecule has 4 nitrogen and oxygen atoms in total. The van der Waals surface area contributed by atoms with Crippen LogP contribution in [0.3, 0.4) is 0 Å². The third kappa shape index (κ3) is 5.97. The number of hydrogen-bond donors (Lipinski definition) is 0. The summed E-state index contributed by atoms with van der Waals surface area (Å²) in [7, 11) is 0. The molecule has 0 N–H and O–H groups in total. The van der Waals surface area contributed by atoms with Crippen molar-refractivity contribution in [2.75, 3.05) is 0 Å². The zero-order valence-electron chi connectivity index (χ0n) is 37.7. The van der Waals surface area contributed by atoms with Crippen LogP contribution in [0.1, 0.15) is 36.1 Å². The zero-order chi connectivity index (χ0) is 45.3. The maximum atomic E-state index is 5.17. The largest absolute Gasteiger partial charge is 0.309 e. The van der Waals surface area contributed by atoms with Gasteiger partial charge in [-0.1, -0.05) is 218 Å². The van der Waals surface area contributed by atoms with Crippen LogP contribution in [-0.4, -0.2) is 19.5 Å². The Morgan fingerprint density at radius 3 is 1.46 bits per heavy atom. The molecule has 0 bridgehead atoms. The van der Waals surface area contributed by atoms with Gasteiger partial charge in [-0.25, -0.2) is 15.0 Å². The first kappa shape index (κ1) is 39.6. The summed E-state index contributed by atoms with van der Waals surface area (Å²) >= 11 is 0. The quantitative estimate of drug-likeness (QED) is 0.160. The maximum absolute atomic E-state index is 5.17. The van der Waals surface area contributed by atoms with Gasteiger partial charge in [0.15, 0.2) is 17.5 Å². The second-order valence-electron chi connectivity index (χ2n) is 17.9. The number of rotatable bonds is 7. The van der Waals surface area contributed by atoms with Crippen molar-refractivity contribution in [2.24, 2.45) is 0 Å². The van der Waals surface area contributed by atoms with E-state index >= 15 is 0 Å². The predicted octanol–water partition coefficient (Wildman–Crippen LogP) is 16.0. The van der Waals surface area contributed by atoms with Gasteiger partial charge in [-0.15, -0.1) is 0 Å². The van der Waals surface area contributed by atoms with Gasteiger partial charge in [0.2, 0.25) is 0 Å². The SMILES string of the molecule is C/C=C\C1=C(C)C2(c3ccccc31)c1ccccc1-n1c3ccccc3c3c(-c4ccc(-c5nc(-c6ccc(-c7ccccc7)cc6)nc(-c6ccc(-c7ccccc7)cc6)n5)cc4)ccc2c31. The molecule has 320 valence electrons. The fourth-order valence-corrected chi connectivity index (χ4v) is 11.2. The number of aromatic nitrogens is 4. The number of hydrogen-bond acceptors (Lipinski definition) is 3. The van der Waals surface area contributed by atoms with Crippen LogP contribution in [0.2, 0.25) is 0 Å². The van der Waals surface area contributed by atoms with E-state index in [2.05, 4.69) is 237 Å². The predicted molar refractivity (Wildman–Crippen MR) is 281 cm³/mol. The van der Waals surface area contributed by atoms with E-state index in [1.54, 1.807) is 0 Å². The minimum atomic E-state index is -0.453. The molecule has 68 heavy (non-hydrogen) atoms. The molecule has 0 radical (unpaired) electrons. The van der Waals surface area contributed by atoms with E-state index in [0.717, 1.165) is 33.4 Å². The average Bonchev–Trinajstić information content (AvgIpc) is 3.88. The molecule has 2 aliphatic rings. The van der Waals surface area contributed by atoms with Crippen LogP contribution in [0.4, 0.5) is 0 Å². The minimum Gasteiger partial charge on any atom is -0.309 e. The summed E-state index contributed by atoms with van der Waals surface area (Å²) in [5.41, 5.74) is 20.9. The van der Waals surface area contributed by atoms with Crippen LogP contribution >= 0.6 is 0 Å². The molecule has 1 atom stereocenters. The van der Waals surface area contributed by atoms with E-state index in [9.17, 15) is 0 Å². The first-order valence-electron chi connectivity index (χ1n) is 23.4. The Morgan fingerprint density at radius 1 is 0.397 bits per heavy atom. The Balaban J connectivity index is 0.963. The Bertz CT molecular complexity index is 3720. The number of nitrogens with zero attached hydrogens (tertiary/aromatic N) is 4. The molecule has 3 heterocycles. The molecule has 13 rings (SSSR count). The van der Waals surface area contributed by atoms with E-state index in [1.165, 1.54) is 77.6 Å². The Labute approximate surface area is 395 Å². The lowest BCUT2D eigenvalue weighted by Crippen LogP contribution is -2.33. The van der Waals surface area contributed by atoms with Gasteiger partial charge >= 0.3 is 0 Å². The topological polar surface area (TPSA) is 43.6 Å². The van der Waals surface area contributed by atoms with Crippen LogP contribution in [0.25, 0.3) is 101 Å². The fraction of sp³-hybridized carbons (Fsp3) is 0.0469. The molecule has 2 aromatic heterocycles. The summed E-state index contributed by atoms with van der Waals surface area (Å²) in [4.78, 5) is 15.4. The van der Waals surface area contributed by atoms with Crippen LogP contribution in [0.5, 0.6) is 0 Å². The van der Waals surface area contributed by atoms with Gasteiger partial charge in [0.05, 0.1) is 22.1 Å². The van der Waals surface area contributed by atoms with E-state index in [4.69, 9.17) is 15.0 Å². The van der Waals surface area contributed by atoms with Gasteiger partial charge in [-0.2, -0.15) is 0 Å². The number of benzene rings is 9. The molecule has 0 amide bonds. The standard InChI is InChI=1S/C64H44N4/c1-3-16-50-41(2)64(54-23-12-10-21-52(50)54)55-24-13-15-26-58(55)68-57-25-14-11-22-53(57)59-51(39-40-56(64)60(59)68)46-31-37-49(38-32-46)63-66-61(47-33-27-44(28-34-47)42-17-6-4-7-18-42)65-62(67-63)48-35-29-45(30-36-48)43-19-8-5-9-20-43/h3-40H,1-2H3/b16-3-. The van der Waals surface area contributed by atoms with Crippen LogP contribution < -0.4 is 0 Å². The minimum absolute atomic E-state index is 0.453. The summed E-state index contributed by atoms with van der Waals surface area (Å²) in [6.45, 7) is 4.47. The van der Waals surface area contributed by atoms with Crippen molar-refractivity contribution >= 4 is 27.4 Å². The van der Waals surface area contributed by atoms with Crippen molar-refractivity contribution in [1.82, 2.24) is 19.5 Å². The fourth-order valence-electron chi connectivity index (χ4n) is 11.2. The molecule has 11 aromatic rings. The van der Waals surface area contributed by atoms with E-state index in [0.29, 0.717) is 17.5 Å². The molecule has 9 aromatic carbocycles. The molecular weight excluding hydrogens is 825 g/mol. The molecule has 1 spiro atoms. The molecule has 0 fully saturated rings. The monoisotopic (exact) mass is 868 g/mol. The van der Waals surface area contributed by atoms with Crippen LogP contribution in [-0.2, 0) is 5.41 Å². The highest BCUT2D eigenvalue weighted by molar-refractivity contribution is 6.18. The molecule has 0 saturated heterocycles. The van der Waals surface area contributed by atoms with Crippen molar-refractivity contribution in [3.05, 3.63) is 258 Å². The summed E-state index contributed by atoms with van der Waals surface area (Å²) in [5.74, 6) is 1.88. The maximum Gasteiger partial charge on any atom is 0.164 e. The Morgan fingerprint density at radius 2 is 0.868 bits per heavy atom. The van der Waals surface area contributed by atoms with Crippen molar-refractivity contribution in [3.63, 3.8) is 0 Å². The van der Waals surface area contributed by atoms with Crippen molar-refractivity contribution < 1.29 is 0 Å². The van der Waals surface area contributed by atoms with E-state index in [-0.39, 0.29) is 0 Å². The lowest BCUT2D eigenvalue weighted by Gasteiger charge is -2.40. The number of allylic oxidation sites excluding steroid dienone is 4. The van der Waals surface area contributed by atoms with Gasteiger partial charge in [0.1, 0.15) is 0 Å². The molecule has 1 aliphatic carbocycles. The first-order chi connectivity index (χ1) is 33.6. The lowest BCUT2D eigenvalue weighted by molar-refractivity contribution is 0.726. The zero-order valence-corrected chi connectivity index (χ0v) is 37.7. The average molecular weight is 869 g/mol. The highest BCUT2D eigenvalue weighted by Crippen LogP contribution is 2.60. The normalized spacial score (nSPS) is 14.9. The van der Waals surface area contributed by atoms with E-state index in [1.807, 2.05) is 12.1 Å². The van der Waals surface area contributed by atoms with Crippen LogP contribution in [0, 0.1) is 0 Å². The third-order valence-electron chi connectivity index (χ3n) is 14.3. The lowest BCUT2D eigenvalue weighted by atomic mass is 9.65. The molecule has 4 heteroatoms. The van der Waals surface area contributed by atoms with Crippen molar-refractivity contribution in [3.8, 4) is 73.2 Å². The smallest absolute Gasteiger partial charge is 0.164 e. The van der Waals surface area contributed by atoms with Crippen molar-refractivity contribution in [1.29, 1.82) is 0 Å². The second-order valence-corrected chi connectivity index (χ2v) is 17.9. The van der Waals surface area contributed by atoms with Crippen molar-refractivity contribution in [2.45, 2.75) is 19.3 Å². The number of fused-ring (bicyclic) bond motifs is 9. The highest BCUT2D eigenvalue weighted by atomic mass is 15.0. The van der Waals surface area contributed by atoms with Gasteiger partial charge < -0.3 is 4.57 Å². The molecule has 0 saturated carbocycles. The molecular formula is C64H44N4. The Kier molecular flexibility index (Phi) is 9.16. The van der Waals surface area contributed by atoms with Gasteiger partial charge in [0.25, 0.3) is 0 Å². The summed E-state index contributed by atoms with van der Waals surface area (Å²) in [6.07, 6.45) is 4.47. The third-order valence-corrected chi connectivity index (χ3v) is 14.3. The first-order valence-corrected chi connectivity index (χ1v) is 23.4. The summed E-state index contributed by atoms with van der Waals surface area (Å²) in [6, 6.07) is 78.4. The number of para-hydroxylation sites is 2. The molecule has 1 unspecified atom stereocenters. The molecule has 1 aliphatic heterocycles.